The van der Waals surface area contributed by atoms with E-state index in [1.807, 2.05) is 0 Å². The van der Waals surface area contributed by atoms with Crippen molar-refractivity contribution in [1.82, 2.24) is 19.5 Å². The SMILES string of the molecule is C[C@@H](OP(=O)(O)OP(=O)(O)OP(=O)(O)O)[C@H]1O[C@@H](n2cnc3c(=O)[nH]c(N)nc32)C(Cl)(CF)[C@H]1O. The zero-order valence-corrected chi connectivity index (χ0v) is 20.6. The summed E-state index contributed by atoms with van der Waals surface area (Å²) in [7, 11) is -17.1. The second kappa shape index (κ2) is 9.54. The Labute approximate surface area is 198 Å². The molecule has 8 N–H and O–H groups in total. The smallest absolute Gasteiger partial charge is 0.388 e. The van der Waals surface area contributed by atoms with Crippen molar-refractivity contribution in [2.45, 2.75) is 36.3 Å². The van der Waals surface area contributed by atoms with Crippen molar-refractivity contribution in [2.24, 2.45) is 0 Å². The fourth-order valence-corrected chi connectivity index (χ4v) is 6.73. The Balaban J connectivity index is 1.88. The van der Waals surface area contributed by atoms with Crippen LogP contribution in [0.4, 0.5) is 10.3 Å². The minimum Gasteiger partial charge on any atom is -0.388 e. The van der Waals surface area contributed by atoms with E-state index >= 15 is 0 Å². The number of nitrogens with zero attached hydrogens (tertiary/aromatic N) is 3. The van der Waals surface area contributed by atoms with Crippen LogP contribution in [-0.2, 0) is 31.6 Å². The minimum absolute atomic E-state index is 0.205. The molecule has 2 aromatic heterocycles. The van der Waals surface area contributed by atoms with Crippen molar-refractivity contribution < 1.29 is 60.6 Å². The van der Waals surface area contributed by atoms with E-state index in [0.29, 0.717) is 0 Å². The van der Waals surface area contributed by atoms with Crippen molar-refractivity contribution in [3.05, 3.63) is 16.7 Å². The number of halogens is 2. The van der Waals surface area contributed by atoms with Gasteiger partial charge in [0.05, 0.1) is 12.4 Å². The third kappa shape index (κ3) is 5.99. The normalized spacial score (nSPS) is 29.7. The number of fused-ring (bicyclic) bond motifs is 1. The molecular formula is C12H18ClFN5O13P3. The zero-order chi connectivity index (χ0) is 26.6. The van der Waals surface area contributed by atoms with Gasteiger partial charge in [0, 0.05) is 0 Å². The van der Waals surface area contributed by atoms with Crippen molar-refractivity contribution in [1.29, 1.82) is 0 Å². The number of nitrogens with two attached hydrogens (primary N) is 1. The Bertz CT molecular complexity index is 1320. The third-order valence-electron chi connectivity index (χ3n) is 4.59. The molecule has 0 spiro atoms. The van der Waals surface area contributed by atoms with Gasteiger partial charge in [-0.25, -0.2) is 23.1 Å². The summed E-state index contributed by atoms with van der Waals surface area (Å²) in [4.78, 5) is 55.7. The Hall–Kier alpha value is -1.30. The predicted octanol–water partition coefficient (Wildman–Crippen LogP) is -0.361. The first kappa shape index (κ1) is 28.3. The molecule has 198 valence electrons. The lowest BCUT2D eigenvalue weighted by Crippen LogP contribution is -2.46. The standard InChI is InChI=1S/C12H18ClFN5O13P3/c1-4(30-34(25,26)32-35(27,28)31-33(22,23)24)6-7(20)12(13,2-14)10(29-6)19-3-16-5-8(19)17-11(15)18-9(5)21/h3-4,6-7,10,20H,2H2,1H3,(H,25,26)(H,27,28)(H2,22,23,24)(H3,15,17,18,21)/t4-,6-,7+,10-,12?/m1/s1. The number of anilines is 1. The van der Waals surface area contributed by atoms with Crippen LogP contribution in [-0.4, -0.2) is 74.1 Å². The highest BCUT2D eigenvalue weighted by Crippen LogP contribution is 2.66. The number of rotatable bonds is 9. The number of imidazole rings is 1. The van der Waals surface area contributed by atoms with Gasteiger partial charge in [-0.2, -0.15) is 13.6 Å². The fraction of sp³-hybridized carbons (Fsp3) is 0.583. The van der Waals surface area contributed by atoms with Gasteiger partial charge in [0.2, 0.25) is 5.95 Å². The van der Waals surface area contributed by atoms with E-state index in [0.717, 1.165) is 17.8 Å². The molecule has 1 saturated heterocycles. The Kier molecular flexibility index (Phi) is 7.70. The number of aliphatic hydroxyl groups excluding tert-OH is 1. The maximum Gasteiger partial charge on any atom is 0.490 e. The van der Waals surface area contributed by atoms with Crippen molar-refractivity contribution in [3.63, 3.8) is 0 Å². The van der Waals surface area contributed by atoms with Crippen LogP contribution in [0.25, 0.3) is 11.2 Å². The first-order valence-electron chi connectivity index (χ1n) is 9.02. The lowest BCUT2D eigenvalue weighted by molar-refractivity contribution is -0.0733. The number of nitrogens with one attached hydrogen (secondary N) is 1. The molecule has 0 saturated carbocycles. The number of aromatic nitrogens is 4. The number of hydrogen-bond acceptors (Lipinski definition) is 12. The van der Waals surface area contributed by atoms with E-state index in [1.165, 1.54) is 0 Å². The van der Waals surface area contributed by atoms with Crippen molar-refractivity contribution in [3.8, 4) is 0 Å². The van der Waals surface area contributed by atoms with E-state index in [-0.39, 0.29) is 17.1 Å². The summed E-state index contributed by atoms with van der Waals surface area (Å²) in [5, 5.41) is 10.6. The zero-order valence-electron chi connectivity index (χ0n) is 17.1. The molecule has 0 aromatic carbocycles. The highest BCUT2D eigenvalue weighted by Gasteiger charge is 2.59. The van der Waals surface area contributed by atoms with Gasteiger partial charge in [0.1, 0.15) is 23.8 Å². The molecule has 0 amide bonds. The highest BCUT2D eigenvalue weighted by atomic mass is 35.5. The number of ether oxygens (including phenoxy) is 1. The maximum atomic E-state index is 14.0. The number of hydrogen-bond donors (Lipinski definition) is 7. The summed E-state index contributed by atoms with van der Waals surface area (Å²) in [5.74, 6) is -0.333. The molecule has 1 aliphatic rings. The molecular weight excluding hydrogens is 570 g/mol. The summed E-state index contributed by atoms with van der Waals surface area (Å²) in [6, 6.07) is 0. The van der Waals surface area contributed by atoms with Gasteiger partial charge < -0.3 is 35.2 Å². The molecule has 3 rings (SSSR count). The van der Waals surface area contributed by atoms with E-state index < -0.39 is 65.1 Å². The van der Waals surface area contributed by atoms with Crippen LogP contribution in [0.5, 0.6) is 0 Å². The van der Waals surface area contributed by atoms with Crippen LogP contribution in [0.2, 0.25) is 0 Å². The van der Waals surface area contributed by atoms with Gasteiger partial charge >= 0.3 is 23.5 Å². The molecule has 23 heteroatoms. The number of H-pyrrole nitrogens is 1. The molecule has 18 nitrogen and oxygen atoms in total. The van der Waals surface area contributed by atoms with Crippen LogP contribution in [0, 0.1) is 0 Å². The van der Waals surface area contributed by atoms with E-state index in [1.54, 1.807) is 0 Å². The molecule has 3 unspecified atom stereocenters. The molecule has 0 aliphatic carbocycles. The first-order chi connectivity index (χ1) is 15.9. The summed E-state index contributed by atoms with van der Waals surface area (Å²) in [6.45, 7) is -0.450. The molecule has 1 aliphatic heterocycles. The molecule has 0 radical (unpaired) electrons. The van der Waals surface area contributed by atoms with Crippen molar-refractivity contribution >= 4 is 52.2 Å². The fourth-order valence-electron chi connectivity index (χ4n) is 3.25. The minimum atomic E-state index is -5.81. The molecule has 35 heavy (non-hydrogen) atoms. The quantitative estimate of drug-likeness (QED) is 0.146. The van der Waals surface area contributed by atoms with Crippen LogP contribution >= 0.6 is 35.1 Å². The number of nitrogen functional groups attached to an aromatic ring is 1. The number of phosphoric ester groups is 1. The van der Waals surface area contributed by atoms with Gasteiger partial charge in [0.15, 0.2) is 17.4 Å². The third-order valence-corrected chi connectivity index (χ3v) is 9.02. The highest BCUT2D eigenvalue weighted by molar-refractivity contribution is 7.66. The number of aliphatic hydroxyl groups is 1. The molecule has 3 heterocycles. The number of phosphoric acid groups is 3. The van der Waals surface area contributed by atoms with Crippen LogP contribution in [0.15, 0.2) is 11.1 Å². The molecule has 7 atom stereocenters. The molecule has 2 aromatic rings. The van der Waals surface area contributed by atoms with Crippen LogP contribution < -0.4 is 11.3 Å². The number of aromatic amines is 1. The maximum absolute atomic E-state index is 14.0. The Morgan fingerprint density at radius 1 is 1.31 bits per heavy atom. The predicted molar refractivity (Wildman–Crippen MR) is 111 cm³/mol. The monoisotopic (exact) mass is 587 g/mol. The Morgan fingerprint density at radius 3 is 2.51 bits per heavy atom. The lowest BCUT2D eigenvalue weighted by Gasteiger charge is -2.28. The lowest BCUT2D eigenvalue weighted by atomic mass is 9.97. The summed E-state index contributed by atoms with van der Waals surface area (Å²) in [6.07, 6.45) is -6.07. The van der Waals surface area contributed by atoms with E-state index in [2.05, 4.69) is 28.1 Å². The molecule has 1 fully saturated rings. The van der Waals surface area contributed by atoms with Crippen LogP contribution in [0.3, 0.4) is 0 Å². The van der Waals surface area contributed by atoms with Gasteiger partial charge in [-0.3, -0.25) is 18.9 Å². The van der Waals surface area contributed by atoms with E-state index in [4.69, 9.17) is 31.9 Å². The first-order valence-corrected chi connectivity index (χ1v) is 13.9. The molecule has 0 bridgehead atoms. The summed E-state index contributed by atoms with van der Waals surface area (Å²) in [5.41, 5.74) is 4.32. The van der Waals surface area contributed by atoms with Gasteiger partial charge in [0.25, 0.3) is 5.56 Å². The van der Waals surface area contributed by atoms with Crippen LogP contribution in [0.1, 0.15) is 13.2 Å². The van der Waals surface area contributed by atoms with Crippen molar-refractivity contribution in [2.75, 3.05) is 12.4 Å². The van der Waals surface area contributed by atoms with Gasteiger partial charge in [-0.1, -0.05) is 0 Å². The Morgan fingerprint density at radius 2 is 1.94 bits per heavy atom. The second-order valence-electron chi connectivity index (χ2n) is 7.14. The average molecular weight is 588 g/mol. The largest absolute Gasteiger partial charge is 0.490 e. The van der Waals surface area contributed by atoms with Gasteiger partial charge in [-0.15, -0.1) is 11.6 Å². The average Bonchev–Trinajstić information content (AvgIpc) is 3.18. The topological polar surface area (TPSA) is 279 Å². The summed E-state index contributed by atoms with van der Waals surface area (Å²) >= 11 is 6.28. The number of alkyl halides is 2. The second-order valence-corrected chi connectivity index (χ2v) is 12.2. The summed E-state index contributed by atoms with van der Waals surface area (Å²) < 4.78 is 66.7. The van der Waals surface area contributed by atoms with Gasteiger partial charge in [-0.05, 0) is 6.92 Å². The van der Waals surface area contributed by atoms with E-state index in [9.17, 15) is 37.8 Å².